The SMILES string of the molecule is O=P([O-])([O-])[O-].O=P([O-])([O-])[O-].O=[N+]([O-])c1ccc(/C=C/c2cc(NCCCO)c3ccc(Cl)cc3n2)o1. The number of furan rings is 1. The Kier molecular flexibility index (Phi) is 12.3. The van der Waals surface area contributed by atoms with E-state index in [9.17, 15) is 10.1 Å². The Morgan fingerprint density at radius 2 is 1.64 bits per heavy atom. The van der Waals surface area contributed by atoms with Gasteiger partial charge >= 0.3 is 5.88 Å². The maximum Gasteiger partial charge on any atom is 0.433 e. The summed E-state index contributed by atoms with van der Waals surface area (Å²) in [5.41, 5.74) is 2.23. The van der Waals surface area contributed by atoms with Crippen LogP contribution < -0.4 is 34.7 Å². The molecule has 0 unspecified atom stereocenters. The van der Waals surface area contributed by atoms with Crippen LogP contribution in [-0.4, -0.2) is 28.2 Å². The Morgan fingerprint density at radius 1 is 1.03 bits per heavy atom. The molecule has 0 aliphatic carbocycles. The van der Waals surface area contributed by atoms with Crippen LogP contribution in [0.25, 0.3) is 23.1 Å². The zero-order chi connectivity index (χ0) is 27.5. The summed E-state index contributed by atoms with van der Waals surface area (Å²) >= 11 is 6.07. The van der Waals surface area contributed by atoms with E-state index in [2.05, 4.69) is 10.3 Å². The number of hydrogen-bond acceptors (Lipinski definition) is 14. The van der Waals surface area contributed by atoms with Crippen molar-refractivity contribution in [3.8, 4) is 0 Å². The first kappa shape index (κ1) is 31.4. The Bertz CT molecular complexity index is 1250. The molecule has 1 aromatic carbocycles. The van der Waals surface area contributed by atoms with Crippen LogP contribution in [0, 0.1) is 10.1 Å². The molecule has 15 nitrogen and oxygen atoms in total. The summed E-state index contributed by atoms with van der Waals surface area (Å²) in [6.07, 6.45) is 3.95. The smallest absolute Gasteiger partial charge is 0.433 e. The summed E-state index contributed by atoms with van der Waals surface area (Å²) in [5, 5.41) is 24.4. The number of hydrogen-bond donors (Lipinski definition) is 2. The molecule has 0 radical (unpaired) electrons. The van der Waals surface area contributed by atoms with Gasteiger partial charge in [-0.25, -0.2) is 4.98 Å². The molecule has 0 bridgehead atoms. The number of phosphoric acid groups is 2. The minimum absolute atomic E-state index is 0.103. The van der Waals surface area contributed by atoms with E-state index in [-0.39, 0.29) is 12.5 Å². The topological polar surface area (TPSA) is 274 Å². The number of nitrogens with one attached hydrogen (secondary N) is 1. The molecule has 18 heteroatoms. The first-order valence-electron chi connectivity index (χ1n) is 9.40. The quantitative estimate of drug-likeness (QED) is 0.146. The fraction of sp³-hybridized carbons (Fsp3) is 0.167. The van der Waals surface area contributed by atoms with E-state index < -0.39 is 20.6 Å². The van der Waals surface area contributed by atoms with Gasteiger partial charge in [-0.1, -0.05) is 11.6 Å². The minimum Gasteiger partial charge on any atom is -0.822 e. The number of rotatable bonds is 7. The van der Waals surface area contributed by atoms with Crippen LogP contribution in [0.1, 0.15) is 17.9 Å². The van der Waals surface area contributed by atoms with Gasteiger partial charge in [0.2, 0.25) is 0 Å². The molecule has 0 spiro atoms. The summed E-state index contributed by atoms with van der Waals surface area (Å²) in [4.78, 5) is 65.9. The van der Waals surface area contributed by atoms with Crippen LogP contribution in [0.5, 0.6) is 0 Å². The Labute approximate surface area is 207 Å². The fourth-order valence-corrected chi connectivity index (χ4v) is 2.62. The molecular formula is C18H16ClN3O12P2-6. The standard InChI is InChI=1S/C18H16ClN3O4.2H3O4P/c19-12-2-6-15-16(20-8-1-9-23)11-13(21-17(15)10-12)3-4-14-5-7-18(26-14)22(24)25;2*1-5(2,3)4/h2-7,10-11,23H,1,8-9H2,(H,20,21);2*(H3,1,2,3,4)/p-6/b4-3+;;. The molecule has 3 aromatic rings. The van der Waals surface area contributed by atoms with Crippen molar-refractivity contribution in [1.82, 2.24) is 4.98 Å². The second kappa shape index (κ2) is 14.2. The lowest BCUT2D eigenvalue weighted by Gasteiger charge is -2.36. The average Bonchev–Trinajstić information content (AvgIpc) is 3.19. The number of nitrogens with zero attached hydrogens (tertiary/aromatic N) is 2. The van der Waals surface area contributed by atoms with E-state index in [1.54, 1.807) is 24.3 Å². The molecule has 2 heterocycles. The van der Waals surface area contributed by atoms with Gasteiger partial charge in [0.1, 0.15) is 10.7 Å². The number of nitro groups is 1. The van der Waals surface area contributed by atoms with Gasteiger partial charge in [-0.2, -0.15) is 15.6 Å². The molecule has 36 heavy (non-hydrogen) atoms. The maximum atomic E-state index is 10.7. The number of halogens is 1. The molecule has 2 aromatic heterocycles. The largest absolute Gasteiger partial charge is 0.822 e. The van der Waals surface area contributed by atoms with Gasteiger partial charge in [0.15, 0.2) is 0 Å². The number of benzene rings is 1. The highest BCUT2D eigenvalue weighted by Crippen LogP contribution is 2.27. The van der Waals surface area contributed by atoms with Crippen molar-refractivity contribution < 1.29 is 52.9 Å². The molecule has 0 fully saturated rings. The van der Waals surface area contributed by atoms with Crippen molar-refractivity contribution >= 4 is 61.9 Å². The zero-order valence-corrected chi connectivity index (χ0v) is 20.4. The Hall–Kier alpha value is -2.68. The van der Waals surface area contributed by atoms with Crippen molar-refractivity contribution in [3.05, 3.63) is 63.0 Å². The van der Waals surface area contributed by atoms with Crippen molar-refractivity contribution in [2.45, 2.75) is 6.42 Å². The molecule has 0 aliphatic rings. The third-order valence-electron chi connectivity index (χ3n) is 3.65. The van der Waals surface area contributed by atoms with Gasteiger partial charge in [-0.15, -0.1) is 0 Å². The average molecular weight is 564 g/mol. The van der Waals surface area contributed by atoms with E-state index in [4.69, 9.17) is 59.6 Å². The van der Waals surface area contributed by atoms with E-state index in [0.717, 1.165) is 16.6 Å². The summed E-state index contributed by atoms with van der Waals surface area (Å²) in [6.45, 7) is 0.720. The molecule has 0 aliphatic heterocycles. The summed E-state index contributed by atoms with van der Waals surface area (Å²) in [6, 6.07) is 10.1. The van der Waals surface area contributed by atoms with E-state index in [1.807, 2.05) is 12.1 Å². The van der Waals surface area contributed by atoms with Crippen molar-refractivity contribution in [3.63, 3.8) is 0 Å². The van der Waals surface area contributed by atoms with Crippen LogP contribution >= 0.6 is 27.2 Å². The number of aliphatic hydroxyl groups excluding tert-OH is 1. The highest BCUT2D eigenvalue weighted by Gasteiger charge is 2.10. The van der Waals surface area contributed by atoms with Crippen LogP contribution in [0.4, 0.5) is 11.6 Å². The molecule has 198 valence electrons. The number of aromatic nitrogens is 1. The van der Waals surface area contributed by atoms with Gasteiger partial charge in [0.05, 0.1) is 17.3 Å². The number of aliphatic hydroxyl groups is 1. The summed E-state index contributed by atoms with van der Waals surface area (Å²) in [5.74, 6) is 0.0498. The lowest BCUT2D eigenvalue weighted by molar-refractivity contribution is -0.434. The fourth-order valence-electron chi connectivity index (χ4n) is 2.45. The van der Waals surface area contributed by atoms with Crippen molar-refractivity contribution in [2.24, 2.45) is 0 Å². The van der Waals surface area contributed by atoms with E-state index in [1.165, 1.54) is 12.1 Å². The zero-order valence-electron chi connectivity index (χ0n) is 17.8. The molecule has 0 atom stereocenters. The van der Waals surface area contributed by atoms with Gasteiger partial charge in [-0.05, 0) is 48.9 Å². The van der Waals surface area contributed by atoms with Gasteiger partial charge < -0.3 is 53.3 Å². The molecular weight excluding hydrogens is 548 g/mol. The molecule has 0 saturated carbocycles. The predicted molar refractivity (Wildman–Crippen MR) is 116 cm³/mol. The van der Waals surface area contributed by atoms with Crippen LogP contribution in [0.15, 0.2) is 40.8 Å². The second-order valence-corrected chi connectivity index (χ2v) is 8.65. The molecule has 0 amide bonds. The monoisotopic (exact) mass is 563 g/mol. The van der Waals surface area contributed by atoms with Crippen LogP contribution in [0.3, 0.4) is 0 Å². The first-order chi connectivity index (χ1) is 16.6. The number of fused-ring (bicyclic) bond motifs is 1. The molecule has 2 N–H and O–H groups in total. The third kappa shape index (κ3) is 14.0. The first-order valence-corrected chi connectivity index (χ1v) is 12.7. The number of pyridine rings is 1. The Morgan fingerprint density at radius 3 is 2.17 bits per heavy atom. The van der Waals surface area contributed by atoms with Gasteiger partial charge in [-0.3, -0.25) is 10.1 Å². The highest BCUT2D eigenvalue weighted by atomic mass is 35.5. The van der Waals surface area contributed by atoms with Crippen molar-refractivity contribution in [1.29, 1.82) is 0 Å². The highest BCUT2D eigenvalue weighted by molar-refractivity contribution is 7.40. The van der Waals surface area contributed by atoms with Gasteiger partial charge in [0.25, 0.3) is 0 Å². The van der Waals surface area contributed by atoms with E-state index in [0.29, 0.717) is 29.4 Å². The van der Waals surface area contributed by atoms with Crippen LogP contribution in [0.2, 0.25) is 5.02 Å². The molecule has 0 saturated heterocycles. The van der Waals surface area contributed by atoms with E-state index >= 15 is 0 Å². The lowest BCUT2D eigenvalue weighted by atomic mass is 10.1. The van der Waals surface area contributed by atoms with Crippen LogP contribution in [-0.2, 0) is 9.13 Å². The maximum absolute atomic E-state index is 10.7. The third-order valence-corrected chi connectivity index (χ3v) is 3.89. The summed E-state index contributed by atoms with van der Waals surface area (Å²) < 4.78 is 22.2. The Balaban J connectivity index is 0.000000550. The second-order valence-electron chi connectivity index (χ2n) is 6.42. The predicted octanol–water partition coefficient (Wildman–Crippen LogP) is -1.30. The minimum atomic E-state index is -5.39. The number of anilines is 1. The summed E-state index contributed by atoms with van der Waals surface area (Å²) in [7, 11) is -10.8. The lowest BCUT2D eigenvalue weighted by Crippen LogP contribution is -2.24. The van der Waals surface area contributed by atoms with Gasteiger partial charge in [0, 0.05) is 29.2 Å². The van der Waals surface area contributed by atoms with Crippen molar-refractivity contribution in [2.75, 3.05) is 18.5 Å². The molecule has 3 rings (SSSR count). The normalized spacial score (nSPS) is 11.4.